The zero-order valence-corrected chi connectivity index (χ0v) is 12.3. The molecule has 0 bridgehead atoms. The number of rotatable bonds is 6. The second kappa shape index (κ2) is 6.93. The molecule has 2 atom stereocenters. The van der Waals surface area contributed by atoms with Crippen LogP contribution < -0.4 is 5.32 Å². The number of aryl methyl sites for hydroxylation is 1. The van der Waals surface area contributed by atoms with Gasteiger partial charge < -0.3 is 19.9 Å². The summed E-state index contributed by atoms with van der Waals surface area (Å²) in [5.74, 6) is -0.408. The van der Waals surface area contributed by atoms with Gasteiger partial charge in [-0.2, -0.15) is 0 Å². The van der Waals surface area contributed by atoms with Crippen molar-refractivity contribution in [3.63, 3.8) is 0 Å². The van der Waals surface area contributed by atoms with Crippen molar-refractivity contribution < 1.29 is 14.7 Å². The van der Waals surface area contributed by atoms with Crippen LogP contribution in [0.25, 0.3) is 0 Å². The van der Waals surface area contributed by atoms with Crippen molar-refractivity contribution >= 4 is 12.0 Å². The van der Waals surface area contributed by atoms with E-state index in [-0.39, 0.29) is 5.92 Å². The lowest BCUT2D eigenvalue weighted by molar-refractivity contribution is -0.140. The van der Waals surface area contributed by atoms with Gasteiger partial charge in [0.2, 0.25) is 0 Å². The highest BCUT2D eigenvalue weighted by molar-refractivity contribution is 5.82. The van der Waals surface area contributed by atoms with Gasteiger partial charge in [0.15, 0.2) is 0 Å². The predicted molar refractivity (Wildman–Crippen MR) is 74.1 cm³/mol. The lowest BCUT2D eigenvalue weighted by Gasteiger charge is -2.24. The molecule has 1 heterocycles. The number of nitrogens with zero attached hydrogens (tertiary/aromatic N) is 3. The van der Waals surface area contributed by atoms with Crippen LogP contribution >= 0.6 is 0 Å². The number of amides is 2. The second-order valence-electron chi connectivity index (χ2n) is 4.96. The number of carbonyl (C=O) groups is 2. The van der Waals surface area contributed by atoms with E-state index >= 15 is 0 Å². The molecule has 0 aliphatic heterocycles. The van der Waals surface area contributed by atoms with Crippen LogP contribution in [0.5, 0.6) is 0 Å². The first-order valence-corrected chi connectivity index (χ1v) is 6.57. The SMILES string of the molecule is CCC(C)[C@H](NC(=O)N(C)Cc1nccn1C)C(=O)O. The highest BCUT2D eigenvalue weighted by atomic mass is 16.4. The van der Waals surface area contributed by atoms with Crippen molar-refractivity contribution in [1.82, 2.24) is 19.8 Å². The normalized spacial score (nSPS) is 13.6. The third kappa shape index (κ3) is 3.97. The molecule has 20 heavy (non-hydrogen) atoms. The van der Waals surface area contributed by atoms with Crippen LogP contribution in [0.1, 0.15) is 26.1 Å². The highest BCUT2D eigenvalue weighted by Gasteiger charge is 2.26. The minimum Gasteiger partial charge on any atom is -0.480 e. The number of aliphatic carboxylic acids is 1. The molecule has 0 aromatic carbocycles. The predicted octanol–water partition coefficient (Wildman–Crippen LogP) is 1.06. The summed E-state index contributed by atoms with van der Waals surface area (Å²) in [5.41, 5.74) is 0. The van der Waals surface area contributed by atoms with Crippen molar-refractivity contribution in [3.05, 3.63) is 18.2 Å². The number of imidazole rings is 1. The highest BCUT2D eigenvalue weighted by Crippen LogP contribution is 2.09. The zero-order valence-electron chi connectivity index (χ0n) is 12.3. The Kier molecular flexibility index (Phi) is 5.54. The summed E-state index contributed by atoms with van der Waals surface area (Å²) >= 11 is 0. The van der Waals surface area contributed by atoms with Gasteiger partial charge in [0.05, 0.1) is 6.54 Å². The third-order valence-electron chi connectivity index (χ3n) is 3.40. The molecule has 0 aliphatic carbocycles. The molecule has 7 heteroatoms. The van der Waals surface area contributed by atoms with E-state index in [0.717, 1.165) is 5.82 Å². The van der Waals surface area contributed by atoms with Gasteiger partial charge in [0.25, 0.3) is 0 Å². The molecule has 2 amide bonds. The Labute approximate surface area is 118 Å². The fraction of sp³-hybridized carbons (Fsp3) is 0.615. The van der Waals surface area contributed by atoms with Crippen LogP contribution in [0.15, 0.2) is 12.4 Å². The van der Waals surface area contributed by atoms with Gasteiger partial charge >= 0.3 is 12.0 Å². The number of hydrogen-bond acceptors (Lipinski definition) is 3. The van der Waals surface area contributed by atoms with Gasteiger partial charge in [-0.25, -0.2) is 14.6 Å². The molecule has 1 unspecified atom stereocenters. The summed E-state index contributed by atoms with van der Waals surface area (Å²) in [7, 11) is 3.45. The van der Waals surface area contributed by atoms with Gasteiger partial charge in [-0.15, -0.1) is 0 Å². The molecular formula is C13H22N4O3. The summed E-state index contributed by atoms with van der Waals surface area (Å²) in [6.45, 7) is 4.02. The second-order valence-corrected chi connectivity index (χ2v) is 4.96. The zero-order chi connectivity index (χ0) is 15.3. The van der Waals surface area contributed by atoms with E-state index in [1.54, 1.807) is 26.4 Å². The minimum absolute atomic E-state index is 0.127. The molecule has 0 spiro atoms. The van der Waals surface area contributed by atoms with E-state index in [9.17, 15) is 9.59 Å². The van der Waals surface area contributed by atoms with Crippen LogP contribution in [-0.4, -0.2) is 44.6 Å². The molecule has 7 nitrogen and oxygen atoms in total. The van der Waals surface area contributed by atoms with Crippen LogP contribution in [0.3, 0.4) is 0 Å². The van der Waals surface area contributed by atoms with Crippen molar-refractivity contribution in [2.24, 2.45) is 13.0 Å². The number of carbonyl (C=O) groups excluding carboxylic acids is 1. The minimum atomic E-state index is -1.02. The van der Waals surface area contributed by atoms with Gasteiger partial charge in [0, 0.05) is 26.5 Å². The molecule has 1 rings (SSSR count). The van der Waals surface area contributed by atoms with E-state index in [0.29, 0.717) is 13.0 Å². The molecule has 112 valence electrons. The summed E-state index contributed by atoms with van der Waals surface area (Å²) in [6, 6.07) is -1.29. The monoisotopic (exact) mass is 282 g/mol. The molecule has 0 aliphatic rings. The van der Waals surface area contributed by atoms with Gasteiger partial charge in [-0.3, -0.25) is 0 Å². The van der Waals surface area contributed by atoms with E-state index < -0.39 is 18.0 Å². The Morgan fingerprint density at radius 3 is 2.65 bits per heavy atom. The Hall–Kier alpha value is -2.05. The number of urea groups is 1. The fourth-order valence-corrected chi connectivity index (χ4v) is 1.76. The first kappa shape index (κ1) is 16.0. The lowest BCUT2D eigenvalue weighted by atomic mass is 9.99. The van der Waals surface area contributed by atoms with Crippen LogP contribution in [0.4, 0.5) is 4.79 Å². The molecule has 0 saturated carbocycles. The third-order valence-corrected chi connectivity index (χ3v) is 3.40. The van der Waals surface area contributed by atoms with Crippen LogP contribution in [-0.2, 0) is 18.4 Å². The van der Waals surface area contributed by atoms with Crippen molar-refractivity contribution in [1.29, 1.82) is 0 Å². The Bertz CT molecular complexity index is 472. The summed E-state index contributed by atoms with van der Waals surface area (Å²) < 4.78 is 1.81. The first-order valence-electron chi connectivity index (χ1n) is 6.57. The molecule has 1 aromatic rings. The van der Waals surface area contributed by atoms with Gasteiger partial charge in [-0.1, -0.05) is 20.3 Å². The van der Waals surface area contributed by atoms with E-state index in [1.807, 2.05) is 18.5 Å². The quantitative estimate of drug-likeness (QED) is 0.816. The largest absolute Gasteiger partial charge is 0.480 e. The van der Waals surface area contributed by atoms with Gasteiger partial charge in [-0.05, 0) is 5.92 Å². The maximum absolute atomic E-state index is 12.0. The molecule has 1 aromatic heterocycles. The Morgan fingerprint density at radius 1 is 1.55 bits per heavy atom. The molecule has 2 N–H and O–H groups in total. The van der Waals surface area contributed by atoms with Gasteiger partial charge in [0.1, 0.15) is 11.9 Å². The number of nitrogens with one attached hydrogen (secondary N) is 1. The van der Waals surface area contributed by atoms with Crippen LogP contribution in [0, 0.1) is 5.92 Å². The Morgan fingerprint density at radius 2 is 2.20 bits per heavy atom. The van der Waals surface area contributed by atoms with Crippen molar-refractivity contribution in [2.75, 3.05) is 7.05 Å². The smallest absolute Gasteiger partial charge is 0.326 e. The average molecular weight is 282 g/mol. The standard InChI is InChI=1S/C13H22N4O3/c1-5-9(2)11(12(18)19)15-13(20)17(4)8-10-14-6-7-16(10)3/h6-7,9,11H,5,8H2,1-4H3,(H,15,20)(H,18,19)/t9?,11-/m0/s1. The summed E-state index contributed by atoms with van der Waals surface area (Å²) in [6.07, 6.45) is 4.13. The average Bonchev–Trinajstić information content (AvgIpc) is 2.79. The lowest BCUT2D eigenvalue weighted by Crippen LogP contribution is -2.49. The maximum atomic E-state index is 12.0. The van der Waals surface area contributed by atoms with Crippen LogP contribution in [0.2, 0.25) is 0 Å². The van der Waals surface area contributed by atoms with E-state index in [4.69, 9.17) is 5.11 Å². The fourth-order valence-electron chi connectivity index (χ4n) is 1.76. The molecule has 0 fully saturated rings. The number of carboxylic acids is 1. The van der Waals surface area contributed by atoms with Crippen molar-refractivity contribution in [3.8, 4) is 0 Å². The molecule has 0 radical (unpaired) electrons. The topological polar surface area (TPSA) is 87.5 Å². The van der Waals surface area contributed by atoms with E-state index in [2.05, 4.69) is 10.3 Å². The number of carboxylic acid groups (broad SMARTS) is 1. The summed E-state index contributed by atoms with van der Waals surface area (Å²) in [5, 5.41) is 11.7. The van der Waals surface area contributed by atoms with E-state index in [1.165, 1.54) is 4.90 Å². The maximum Gasteiger partial charge on any atom is 0.326 e. The number of aromatic nitrogens is 2. The number of hydrogen-bond donors (Lipinski definition) is 2. The van der Waals surface area contributed by atoms with Crippen molar-refractivity contribution in [2.45, 2.75) is 32.9 Å². The summed E-state index contributed by atoms with van der Waals surface area (Å²) in [4.78, 5) is 28.8. The molecule has 0 saturated heterocycles. The first-order chi connectivity index (χ1) is 9.36. The Balaban J connectivity index is 2.64. The molecular weight excluding hydrogens is 260 g/mol.